The van der Waals surface area contributed by atoms with Gasteiger partial charge in [-0.05, 0) is 54.5 Å². The number of ether oxygens (including phenoxy) is 2. The van der Waals surface area contributed by atoms with Gasteiger partial charge in [0.05, 0.1) is 6.26 Å². The zero-order valence-electron chi connectivity index (χ0n) is 12.3. The van der Waals surface area contributed by atoms with Gasteiger partial charge in [-0.2, -0.15) is 0 Å². The minimum Gasteiger partial charge on any atom is -0.465 e. The number of carbonyl (C=O) groups is 1. The molecule has 0 radical (unpaired) electrons. The minimum atomic E-state index is -0.00954. The lowest BCUT2D eigenvalue weighted by atomic mass is 10.0. The molecule has 0 spiro atoms. The van der Waals surface area contributed by atoms with E-state index < -0.39 is 0 Å². The number of Topliss-reactive ketones (excluding diaryl/α,β-unsaturated/α-hetero) is 1. The van der Waals surface area contributed by atoms with Crippen molar-refractivity contribution in [2.75, 3.05) is 6.79 Å². The van der Waals surface area contributed by atoms with Gasteiger partial charge < -0.3 is 13.9 Å². The lowest BCUT2D eigenvalue weighted by Gasteiger charge is -2.02. The molecular weight excluding hydrogens is 292 g/mol. The van der Waals surface area contributed by atoms with Crippen LogP contribution in [0.5, 0.6) is 11.5 Å². The molecule has 0 unspecified atom stereocenters. The van der Waals surface area contributed by atoms with E-state index >= 15 is 0 Å². The summed E-state index contributed by atoms with van der Waals surface area (Å²) in [6.07, 6.45) is 10.1. The summed E-state index contributed by atoms with van der Waals surface area (Å²) < 4.78 is 15.8. The van der Waals surface area contributed by atoms with Crippen LogP contribution < -0.4 is 9.47 Å². The van der Waals surface area contributed by atoms with Gasteiger partial charge in [0.25, 0.3) is 0 Å². The number of rotatable bonds is 4. The summed E-state index contributed by atoms with van der Waals surface area (Å²) in [5.74, 6) is 2.09. The largest absolute Gasteiger partial charge is 0.465 e. The topological polar surface area (TPSA) is 48.7 Å². The van der Waals surface area contributed by atoms with E-state index in [0.29, 0.717) is 22.6 Å². The Bertz CT molecular complexity index is 838. The Kier molecular flexibility index (Phi) is 3.35. The molecule has 1 aromatic heterocycles. The monoisotopic (exact) mass is 306 g/mol. The van der Waals surface area contributed by atoms with Crippen molar-refractivity contribution in [3.63, 3.8) is 0 Å². The van der Waals surface area contributed by atoms with Crippen LogP contribution in [-0.4, -0.2) is 12.6 Å². The summed E-state index contributed by atoms with van der Waals surface area (Å²) in [6, 6.07) is 9.00. The van der Waals surface area contributed by atoms with Gasteiger partial charge in [0, 0.05) is 11.1 Å². The molecule has 0 fully saturated rings. The second-order valence-corrected chi connectivity index (χ2v) is 5.33. The van der Waals surface area contributed by atoms with Gasteiger partial charge in [0.1, 0.15) is 5.76 Å². The molecule has 1 aliphatic heterocycles. The molecule has 0 saturated heterocycles. The van der Waals surface area contributed by atoms with Crippen LogP contribution in [0.1, 0.15) is 22.5 Å². The zero-order chi connectivity index (χ0) is 15.6. The van der Waals surface area contributed by atoms with Gasteiger partial charge in [0.2, 0.25) is 6.79 Å². The molecule has 0 N–H and O–H groups in total. The summed E-state index contributed by atoms with van der Waals surface area (Å²) in [7, 11) is 0. The normalized spacial score (nSPS) is 15.8. The Morgan fingerprint density at radius 2 is 2.00 bits per heavy atom. The number of benzene rings is 1. The van der Waals surface area contributed by atoms with E-state index in [1.54, 1.807) is 24.5 Å². The summed E-state index contributed by atoms with van der Waals surface area (Å²) in [6.45, 7) is 0.206. The molecule has 2 aliphatic rings. The van der Waals surface area contributed by atoms with Crippen molar-refractivity contribution < 1.29 is 18.7 Å². The fraction of sp³-hybridized carbons (Fsp3) is 0.105. The first kappa shape index (κ1) is 13.6. The molecule has 2 aromatic rings. The lowest BCUT2D eigenvalue weighted by molar-refractivity contribution is 0.103. The summed E-state index contributed by atoms with van der Waals surface area (Å²) >= 11 is 0. The second-order valence-electron chi connectivity index (χ2n) is 5.33. The standard InChI is InChI=1S/C19H14O4/c20-19(15-6-8-17-18(11-15)23-12-22-17)14-5-3-13(10-14)4-7-16-2-1-9-21-16/h1-2,4-11H,3,12H2/b7-4+. The van der Waals surface area contributed by atoms with Crippen molar-refractivity contribution in [1.29, 1.82) is 0 Å². The highest BCUT2D eigenvalue weighted by atomic mass is 16.7. The Hall–Kier alpha value is -3.01. The summed E-state index contributed by atoms with van der Waals surface area (Å²) in [5, 5.41) is 0. The maximum Gasteiger partial charge on any atom is 0.231 e. The highest BCUT2D eigenvalue weighted by Crippen LogP contribution is 2.33. The number of ketones is 1. The van der Waals surface area contributed by atoms with Gasteiger partial charge in [-0.15, -0.1) is 0 Å². The predicted octanol–water partition coefficient (Wildman–Crippen LogP) is 4.16. The number of allylic oxidation sites excluding steroid dienone is 5. The van der Waals surface area contributed by atoms with Gasteiger partial charge in [-0.3, -0.25) is 4.79 Å². The highest BCUT2D eigenvalue weighted by Gasteiger charge is 2.19. The van der Waals surface area contributed by atoms with E-state index in [4.69, 9.17) is 13.9 Å². The molecular formula is C19H14O4. The first-order valence-electron chi connectivity index (χ1n) is 7.36. The van der Waals surface area contributed by atoms with E-state index in [1.165, 1.54) is 0 Å². The molecule has 1 aliphatic carbocycles. The highest BCUT2D eigenvalue weighted by molar-refractivity contribution is 6.11. The average molecular weight is 306 g/mol. The van der Waals surface area contributed by atoms with Crippen molar-refractivity contribution in [3.05, 3.63) is 77.3 Å². The fourth-order valence-corrected chi connectivity index (χ4v) is 2.60. The molecule has 23 heavy (non-hydrogen) atoms. The van der Waals surface area contributed by atoms with Crippen LogP contribution in [0.4, 0.5) is 0 Å². The Balaban J connectivity index is 1.51. The van der Waals surface area contributed by atoms with E-state index in [0.717, 1.165) is 17.8 Å². The zero-order valence-corrected chi connectivity index (χ0v) is 12.3. The summed E-state index contributed by atoms with van der Waals surface area (Å²) in [4.78, 5) is 12.6. The van der Waals surface area contributed by atoms with Crippen LogP contribution in [0.15, 0.2) is 70.4 Å². The number of furan rings is 1. The number of carbonyl (C=O) groups excluding carboxylic acids is 1. The smallest absolute Gasteiger partial charge is 0.231 e. The van der Waals surface area contributed by atoms with E-state index in [1.807, 2.05) is 36.4 Å². The summed E-state index contributed by atoms with van der Waals surface area (Å²) in [5.41, 5.74) is 2.38. The molecule has 1 aromatic carbocycles. The molecule has 0 saturated carbocycles. The van der Waals surface area contributed by atoms with Gasteiger partial charge >= 0.3 is 0 Å². The third kappa shape index (κ3) is 2.71. The lowest BCUT2D eigenvalue weighted by Crippen LogP contribution is -2.00. The van der Waals surface area contributed by atoms with Crippen LogP contribution >= 0.6 is 0 Å². The van der Waals surface area contributed by atoms with Crippen molar-refractivity contribution in [1.82, 2.24) is 0 Å². The van der Waals surface area contributed by atoms with Crippen LogP contribution in [0, 0.1) is 0 Å². The third-order valence-electron chi connectivity index (χ3n) is 3.80. The van der Waals surface area contributed by atoms with E-state index in [9.17, 15) is 4.79 Å². The van der Waals surface area contributed by atoms with Gasteiger partial charge in [0.15, 0.2) is 17.3 Å². The van der Waals surface area contributed by atoms with Crippen LogP contribution in [0.2, 0.25) is 0 Å². The Morgan fingerprint density at radius 3 is 2.87 bits per heavy atom. The van der Waals surface area contributed by atoms with E-state index in [-0.39, 0.29) is 12.6 Å². The van der Waals surface area contributed by atoms with Crippen molar-refractivity contribution in [2.45, 2.75) is 6.42 Å². The fourth-order valence-electron chi connectivity index (χ4n) is 2.60. The maximum absolute atomic E-state index is 12.6. The molecule has 0 bridgehead atoms. The average Bonchev–Trinajstić information content (AvgIpc) is 3.31. The number of hydrogen-bond acceptors (Lipinski definition) is 4. The molecule has 2 heterocycles. The second kappa shape index (κ2) is 5.65. The van der Waals surface area contributed by atoms with Crippen molar-refractivity contribution in [2.24, 2.45) is 0 Å². The number of hydrogen-bond donors (Lipinski definition) is 0. The van der Waals surface area contributed by atoms with Crippen molar-refractivity contribution >= 4 is 11.9 Å². The Labute approximate surface area is 133 Å². The molecule has 4 heteroatoms. The van der Waals surface area contributed by atoms with Crippen LogP contribution in [0.25, 0.3) is 6.08 Å². The third-order valence-corrected chi connectivity index (χ3v) is 3.80. The molecule has 0 amide bonds. The molecule has 0 atom stereocenters. The van der Waals surface area contributed by atoms with Crippen LogP contribution in [-0.2, 0) is 0 Å². The first-order valence-corrected chi connectivity index (χ1v) is 7.36. The van der Waals surface area contributed by atoms with Crippen LogP contribution in [0.3, 0.4) is 0 Å². The number of fused-ring (bicyclic) bond motifs is 1. The van der Waals surface area contributed by atoms with E-state index in [2.05, 4.69) is 0 Å². The predicted molar refractivity (Wildman–Crippen MR) is 85.4 cm³/mol. The SMILES string of the molecule is O=C(C1=CCC(/C=C/c2ccco2)=C1)c1ccc2c(c1)OCO2. The molecule has 4 rings (SSSR count). The molecule has 4 nitrogen and oxygen atoms in total. The minimum absolute atomic E-state index is 0.00954. The Morgan fingerprint density at radius 1 is 1.09 bits per heavy atom. The maximum atomic E-state index is 12.6. The van der Waals surface area contributed by atoms with Gasteiger partial charge in [-0.1, -0.05) is 12.2 Å². The molecule has 114 valence electrons. The first-order chi connectivity index (χ1) is 11.3. The van der Waals surface area contributed by atoms with Crippen molar-refractivity contribution in [3.8, 4) is 11.5 Å². The van der Waals surface area contributed by atoms with Gasteiger partial charge in [-0.25, -0.2) is 0 Å². The quantitative estimate of drug-likeness (QED) is 0.796.